The van der Waals surface area contributed by atoms with Crippen LogP contribution in [0.25, 0.3) is 0 Å². The maximum Gasteiger partial charge on any atom is 0.338 e. The molecule has 0 fully saturated rings. The number of ether oxygens (including phenoxy) is 2. The molecule has 0 atom stereocenters. The van der Waals surface area contributed by atoms with Crippen molar-refractivity contribution < 1.29 is 33.0 Å². The second-order valence-electron chi connectivity index (χ2n) is 4.86. The van der Waals surface area contributed by atoms with E-state index in [0.29, 0.717) is 0 Å². The SMILES string of the molecule is O=C(OCC(O)COC(=O)c1ccc(F)cc1)c1ccc(F)cc1. The molecule has 24 heavy (non-hydrogen) atoms. The summed E-state index contributed by atoms with van der Waals surface area (Å²) >= 11 is 0. The number of esters is 2. The lowest BCUT2D eigenvalue weighted by molar-refractivity contribution is -0.00469. The molecule has 0 radical (unpaired) electrons. The number of benzene rings is 2. The second kappa shape index (κ2) is 8.16. The second-order valence-corrected chi connectivity index (χ2v) is 4.86. The van der Waals surface area contributed by atoms with E-state index in [-0.39, 0.29) is 11.1 Å². The van der Waals surface area contributed by atoms with Crippen molar-refractivity contribution in [2.45, 2.75) is 6.10 Å². The van der Waals surface area contributed by atoms with E-state index in [4.69, 9.17) is 9.47 Å². The van der Waals surface area contributed by atoms with Gasteiger partial charge in [0, 0.05) is 0 Å². The molecular weight excluding hydrogens is 322 g/mol. The van der Waals surface area contributed by atoms with Crippen LogP contribution in [-0.4, -0.2) is 36.4 Å². The summed E-state index contributed by atoms with van der Waals surface area (Å²) in [5.41, 5.74) is 0.263. The van der Waals surface area contributed by atoms with E-state index in [2.05, 4.69) is 0 Å². The highest BCUT2D eigenvalue weighted by atomic mass is 19.1. The molecule has 0 spiro atoms. The molecule has 2 aromatic rings. The molecule has 0 bridgehead atoms. The van der Waals surface area contributed by atoms with Crippen molar-refractivity contribution in [3.05, 3.63) is 71.3 Å². The van der Waals surface area contributed by atoms with Crippen molar-refractivity contribution in [1.29, 1.82) is 0 Å². The molecule has 0 unspecified atom stereocenters. The van der Waals surface area contributed by atoms with E-state index in [1.807, 2.05) is 0 Å². The highest BCUT2D eigenvalue weighted by Crippen LogP contribution is 2.07. The third-order valence-electron chi connectivity index (χ3n) is 2.97. The van der Waals surface area contributed by atoms with Crippen LogP contribution in [0.2, 0.25) is 0 Å². The zero-order chi connectivity index (χ0) is 17.5. The summed E-state index contributed by atoms with van der Waals surface area (Å²) in [5, 5.41) is 9.65. The Morgan fingerprint density at radius 2 is 1.12 bits per heavy atom. The van der Waals surface area contributed by atoms with Crippen LogP contribution in [0, 0.1) is 11.6 Å². The predicted octanol–water partition coefficient (Wildman–Crippen LogP) is 2.34. The first-order valence-electron chi connectivity index (χ1n) is 6.99. The van der Waals surface area contributed by atoms with Crippen LogP contribution in [0.5, 0.6) is 0 Å². The molecule has 0 heterocycles. The van der Waals surface area contributed by atoms with Gasteiger partial charge in [-0.15, -0.1) is 0 Å². The molecule has 0 aliphatic carbocycles. The summed E-state index contributed by atoms with van der Waals surface area (Å²) in [5.74, 6) is -2.45. The molecule has 0 amide bonds. The van der Waals surface area contributed by atoms with Gasteiger partial charge in [0.15, 0.2) is 0 Å². The van der Waals surface area contributed by atoms with Gasteiger partial charge in [0.05, 0.1) is 11.1 Å². The minimum atomic E-state index is -1.22. The van der Waals surface area contributed by atoms with Crippen LogP contribution >= 0.6 is 0 Å². The van der Waals surface area contributed by atoms with Gasteiger partial charge in [-0.25, -0.2) is 18.4 Å². The van der Waals surface area contributed by atoms with Crippen LogP contribution in [0.1, 0.15) is 20.7 Å². The zero-order valence-electron chi connectivity index (χ0n) is 12.4. The Labute approximate surface area is 136 Å². The van der Waals surface area contributed by atoms with E-state index in [0.717, 1.165) is 24.3 Å². The number of carbonyl (C=O) groups is 2. The van der Waals surface area contributed by atoms with Gasteiger partial charge in [-0.1, -0.05) is 0 Å². The fourth-order valence-corrected chi connectivity index (χ4v) is 1.73. The van der Waals surface area contributed by atoms with Crippen LogP contribution in [0.4, 0.5) is 8.78 Å². The Morgan fingerprint density at radius 3 is 1.46 bits per heavy atom. The average molecular weight is 336 g/mol. The van der Waals surface area contributed by atoms with Gasteiger partial charge in [-0.05, 0) is 48.5 Å². The van der Waals surface area contributed by atoms with E-state index in [1.165, 1.54) is 24.3 Å². The van der Waals surface area contributed by atoms with Gasteiger partial charge >= 0.3 is 11.9 Å². The van der Waals surface area contributed by atoms with E-state index in [9.17, 15) is 23.5 Å². The molecular formula is C17H14F2O5. The first kappa shape index (κ1) is 17.6. The highest BCUT2D eigenvalue weighted by molar-refractivity contribution is 5.89. The Balaban J connectivity index is 1.75. The van der Waals surface area contributed by atoms with Crippen molar-refractivity contribution >= 4 is 11.9 Å². The van der Waals surface area contributed by atoms with Gasteiger partial charge in [-0.2, -0.15) is 0 Å². The normalized spacial score (nSPS) is 10.5. The zero-order valence-corrected chi connectivity index (χ0v) is 12.4. The number of hydrogen-bond acceptors (Lipinski definition) is 5. The van der Waals surface area contributed by atoms with Crippen LogP contribution < -0.4 is 0 Å². The number of aliphatic hydroxyl groups is 1. The fourth-order valence-electron chi connectivity index (χ4n) is 1.73. The van der Waals surface area contributed by atoms with Crippen molar-refractivity contribution in [2.75, 3.05) is 13.2 Å². The monoisotopic (exact) mass is 336 g/mol. The Morgan fingerprint density at radius 1 is 0.792 bits per heavy atom. The Kier molecular flexibility index (Phi) is 5.97. The number of aliphatic hydroxyl groups excluding tert-OH is 1. The maximum absolute atomic E-state index is 12.7. The molecule has 2 rings (SSSR count). The molecule has 1 N–H and O–H groups in total. The van der Waals surface area contributed by atoms with Gasteiger partial charge in [0.25, 0.3) is 0 Å². The van der Waals surface area contributed by atoms with Gasteiger partial charge in [0.2, 0.25) is 0 Å². The highest BCUT2D eigenvalue weighted by Gasteiger charge is 2.14. The molecule has 0 saturated carbocycles. The molecule has 0 aliphatic rings. The largest absolute Gasteiger partial charge is 0.459 e. The number of hydrogen-bond donors (Lipinski definition) is 1. The number of rotatable bonds is 6. The van der Waals surface area contributed by atoms with Gasteiger partial charge < -0.3 is 14.6 Å². The van der Waals surface area contributed by atoms with Crippen LogP contribution in [0.15, 0.2) is 48.5 Å². The molecule has 0 aliphatic heterocycles. The van der Waals surface area contributed by atoms with Crippen molar-refractivity contribution in [2.24, 2.45) is 0 Å². The smallest absolute Gasteiger partial charge is 0.338 e. The molecule has 5 nitrogen and oxygen atoms in total. The molecule has 126 valence electrons. The maximum atomic E-state index is 12.7. The average Bonchev–Trinajstić information content (AvgIpc) is 2.58. The Hall–Kier alpha value is -2.80. The van der Waals surface area contributed by atoms with Gasteiger partial charge in [0.1, 0.15) is 31.0 Å². The van der Waals surface area contributed by atoms with E-state index in [1.54, 1.807) is 0 Å². The lowest BCUT2D eigenvalue weighted by Crippen LogP contribution is -2.25. The van der Waals surface area contributed by atoms with Crippen molar-refractivity contribution in [1.82, 2.24) is 0 Å². The summed E-state index contributed by atoms with van der Waals surface area (Å²) in [7, 11) is 0. The summed E-state index contributed by atoms with van der Waals surface area (Å²) in [4.78, 5) is 23.3. The fraction of sp³-hybridized carbons (Fsp3) is 0.176. The molecule has 0 saturated heterocycles. The van der Waals surface area contributed by atoms with Crippen LogP contribution in [-0.2, 0) is 9.47 Å². The molecule has 7 heteroatoms. The van der Waals surface area contributed by atoms with E-state index < -0.39 is 42.9 Å². The standard InChI is InChI=1S/C17H14F2O5/c18-13-5-1-11(2-6-13)16(21)23-9-15(20)10-24-17(22)12-3-7-14(19)8-4-12/h1-8,15,20H,9-10H2. The lowest BCUT2D eigenvalue weighted by Gasteiger charge is -2.12. The minimum Gasteiger partial charge on any atom is -0.459 e. The number of halogens is 2. The van der Waals surface area contributed by atoms with Gasteiger partial charge in [-0.3, -0.25) is 0 Å². The Bertz CT molecular complexity index is 636. The first-order chi connectivity index (χ1) is 11.5. The lowest BCUT2D eigenvalue weighted by atomic mass is 10.2. The first-order valence-corrected chi connectivity index (χ1v) is 6.99. The quantitative estimate of drug-likeness (QED) is 0.820. The summed E-state index contributed by atoms with van der Waals surface area (Å²) < 4.78 is 35.1. The van der Waals surface area contributed by atoms with Crippen LogP contribution in [0.3, 0.4) is 0 Å². The van der Waals surface area contributed by atoms with Crippen molar-refractivity contribution in [3.8, 4) is 0 Å². The summed E-state index contributed by atoms with van der Waals surface area (Å²) in [6.07, 6.45) is -1.22. The van der Waals surface area contributed by atoms with Crippen molar-refractivity contribution in [3.63, 3.8) is 0 Å². The minimum absolute atomic E-state index is 0.131. The summed E-state index contributed by atoms with van der Waals surface area (Å²) in [6, 6.07) is 9.43. The topological polar surface area (TPSA) is 72.8 Å². The third kappa shape index (κ3) is 5.13. The summed E-state index contributed by atoms with van der Waals surface area (Å²) in [6.45, 7) is -0.792. The number of carbonyl (C=O) groups excluding carboxylic acids is 2. The third-order valence-corrected chi connectivity index (χ3v) is 2.97. The predicted molar refractivity (Wildman–Crippen MR) is 79.4 cm³/mol. The molecule has 2 aromatic carbocycles. The molecule has 0 aromatic heterocycles. The van der Waals surface area contributed by atoms with E-state index >= 15 is 0 Å².